The molecule has 1 heterocycles. The molecule has 0 aliphatic rings. The van der Waals surface area contributed by atoms with Gasteiger partial charge in [0.2, 0.25) is 0 Å². The molecule has 0 aliphatic carbocycles. The van der Waals surface area contributed by atoms with E-state index in [1.54, 1.807) is 18.2 Å². The lowest BCUT2D eigenvalue weighted by atomic mass is 10.2. The van der Waals surface area contributed by atoms with Gasteiger partial charge in [-0.2, -0.15) is 0 Å². The van der Waals surface area contributed by atoms with E-state index in [1.807, 2.05) is 0 Å². The Morgan fingerprint density at radius 3 is 2.62 bits per heavy atom. The summed E-state index contributed by atoms with van der Waals surface area (Å²) < 4.78 is 28.8. The first-order valence-corrected chi connectivity index (χ1v) is 6.65. The fraction of sp³-hybridized carbons (Fsp3) is 0.0625. The maximum atomic E-state index is 14.1. The van der Waals surface area contributed by atoms with Crippen LogP contribution >= 0.6 is 11.6 Å². The molecule has 106 valence electrons. The normalized spacial score (nSPS) is 11.0. The smallest absolute Gasteiger partial charge is 0.153 e. The Morgan fingerprint density at radius 1 is 1.14 bits per heavy atom. The van der Waals surface area contributed by atoms with E-state index in [-0.39, 0.29) is 28.6 Å². The Bertz CT molecular complexity index is 842. The number of para-hydroxylation sites is 1. The van der Waals surface area contributed by atoms with E-state index in [1.165, 1.54) is 28.8 Å². The van der Waals surface area contributed by atoms with Crippen molar-refractivity contribution in [2.24, 2.45) is 0 Å². The van der Waals surface area contributed by atoms with E-state index < -0.39 is 5.82 Å². The van der Waals surface area contributed by atoms with Gasteiger partial charge in [-0.3, -0.25) is 4.79 Å². The average Bonchev–Trinajstić information content (AvgIpc) is 2.72. The molecule has 0 N–H and O–H groups in total. The van der Waals surface area contributed by atoms with Crippen LogP contribution in [0.15, 0.2) is 42.5 Å². The quantitative estimate of drug-likeness (QED) is 0.656. The number of aromatic nitrogens is 1. The number of fused-ring (bicyclic) bond motifs is 1. The average molecular weight is 306 g/mol. The number of halogens is 3. The lowest BCUT2D eigenvalue weighted by molar-refractivity contribution is 0.112. The monoisotopic (exact) mass is 305 g/mol. The second kappa shape index (κ2) is 5.30. The molecule has 0 unspecified atom stereocenters. The Kier molecular flexibility index (Phi) is 3.47. The van der Waals surface area contributed by atoms with Crippen LogP contribution < -0.4 is 0 Å². The summed E-state index contributed by atoms with van der Waals surface area (Å²) in [4.78, 5) is 11.2. The predicted molar refractivity (Wildman–Crippen MR) is 77.8 cm³/mol. The molecule has 0 amide bonds. The van der Waals surface area contributed by atoms with Gasteiger partial charge >= 0.3 is 0 Å². The largest absolute Gasteiger partial charge is 0.324 e. The minimum Gasteiger partial charge on any atom is -0.324 e. The first kappa shape index (κ1) is 13.8. The van der Waals surface area contributed by atoms with Crippen molar-refractivity contribution in [1.82, 2.24) is 4.57 Å². The topological polar surface area (TPSA) is 22.0 Å². The molecule has 3 rings (SSSR count). The molecule has 0 radical (unpaired) electrons. The molecule has 2 nitrogen and oxygen atoms in total. The molecule has 0 saturated carbocycles. The van der Waals surface area contributed by atoms with E-state index in [9.17, 15) is 13.6 Å². The van der Waals surface area contributed by atoms with Gasteiger partial charge in [-0.05, 0) is 23.8 Å². The summed E-state index contributed by atoms with van der Waals surface area (Å²) in [6.07, 6.45) is 0.603. The lowest BCUT2D eigenvalue weighted by Crippen LogP contribution is -2.01. The number of benzene rings is 2. The molecule has 0 aliphatic heterocycles. The van der Waals surface area contributed by atoms with Gasteiger partial charge in [0.05, 0.1) is 11.1 Å². The SMILES string of the molecule is O=Cc1c(Cl)n(Cc2cccc(F)c2)c2c(F)cccc12. The molecule has 5 heteroatoms. The minimum absolute atomic E-state index is 0.148. The van der Waals surface area contributed by atoms with E-state index in [0.29, 0.717) is 17.2 Å². The number of aldehydes is 1. The fourth-order valence-corrected chi connectivity index (χ4v) is 2.73. The van der Waals surface area contributed by atoms with Gasteiger partial charge in [0.25, 0.3) is 0 Å². The highest BCUT2D eigenvalue weighted by molar-refractivity contribution is 6.34. The van der Waals surface area contributed by atoms with Gasteiger partial charge in [0, 0.05) is 11.9 Å². The van der Waals surface area contributed by atoms with Crippen LogP contribution in [0.2, 0.25) is 5.15 Å². The molecular formula is C16H10ClF2NO. The van der Waals surface area contributed by atoms with Crippen molar-refractivity contribution in [3.05, 3.63) is 70.4 Å². The van der Waals surface area contributed by atoms with Crippen LogP contribution in [0.25, 0.3) is 10.9 Å². The van der Waals surface area contributed by atoms with Gasteiger partial charge in [-0.1, -0.05) is 35.9 Å². The number of carbonyl (C=O) groups excluding carboxylic acids is 1. The number of rotatable bonds is 3. The summed E-state index contributed by atoms with van der Waals surface area (Å²) in [5.74, 6) is -0.852. The summed E-state index contributed by atoms with van der Waals surface area (Å²) in [5.41, 5.74) is 1.12. The van der Waals surface area contributed by atoms with Crippen LogP contribution in [0.1, 0.15) is 15.9 Å². The van der Waals surface area contributed by atoms with Crippen molar-refractivity contribution >= 4 is 28.8 Å². The second-order valence-electron chi connectivity index (χ2n) is 4.67. The third-order valence-electron chi connectivity index (χ3n) is 3.35. The Balaban J connectivity index is 2.22. The highest BCUT2D eigenvalue weighted by atomic mass is 35.5. The van der Waals surface area contributed by atoms with Crippen LogP contribution in [0, 0.1) is 11.6 Å². The zero-order valence-electron chi connectivity index (χ0n) is 10.8. The van der Waals surface area contributed by atoms with Crippen LogP contribution in [0.3, 0.4) is 0 Å². The first-order chi connectivity index (χ1) is 10.1. The number of nitrogens with zero attached hydrogens (tertiary/aromatic N) is 1. The molecule has 2 aromatic carbocycles. The lowest BCUT2D eigenvalue weighted by Gasteiger charge is -2.08. The Morgan fingerprint density at radius 2 is 1.90 bits per heavy atom. The van der Waals surface area contributed by atoms with Crippen LogP contribution in [-0.4, -0.2) is 10.9 Å². The van der Waals surface area contributed by atoms with E-state index >= 15 is 0 Å². The summed E-state index contributed by atoms with van der Waals surface area (Å²) in [6, 6.07) is 10.4. The third-order valence-corrected chi connectivity index (χ3v) is 3.76. The standard InChI is InChI=1S/C16H10ClF2NO/c17-16-13(9-21)12-5-2-6-14(19)15(12)20(16)8-10-3-1-4-11(18)7-10/h1-7,9H,8H2. The molecule has 21 heavy (non-hydrogen) atoms. The molecule has 0 spiro atoms. The highest BCUT2D eigenvalue weighted by Crippen LogP contribution is 2.31. The van der Waals surface area contributed by atoms with Crippen molar-refractivity contribution in [3.63, 3.8) is 0 Å². The van der Waals surface area contributed by atoms with Gasteiger partial charge in [0.15, 0.2) is 6.29 Å². The molecule has 0 atom stereocenters. The van der Waals surface area contributed by atoms with Crippen LogP contribution in [0.5, 0.6) is 0 Å². The molecule has 1 aromatic heterocycles. The maximum Gasteiger partial charge on any atom is 0.153 e. The number of hydrogen-bond acceptors (Lipinski definition) is 1. The van der Waals surface area contributed by atoms with E-state index in [0.717, 1.165) is 0 Å². The summed E-state index contributed by atoms with van der Waals surface area (Å²) in [7, 11) is 0. The molecule has 0 saturated heterocycles. The summed E-state index contributed by atoms with van der Waals surface area (Å²) in [5, 5.41) is 0.598. The van der Waals surface area contributed by atoms with Gasteiger partial charge < -0.3 is 4.57 Å². The van der Waals surface area contributed by atoms with E-state index in [2.05, 4.69) is 0 Å². The predicted octanol–water partition coefficient (Wildman–Crippen LogP) is 4.43. The van der Waals surface area contributed by atoms with E-state index in [4.69, 9.17) is 11.6 Å². The molecule has 0 bridgehead atoms. The van der Waals surface area contributed by atoms with Crippen LogP contribution in [0.4, 0.5) is 8.78 Å². The van der Waals surface area contributed by atoms with Crippen molar-refractivity contribution < 1.29 is 13.6 Å². The van der Waals surface area contributed by atoms with Crippen molar-refractivity contribution in [3.8, 4) is 0 Å². The van der Waals surface area contributed by atoms with Crippen molar-refractivity contribution in [1.29, 1.82) is 0 Å². The summed E-state index contributed by atoms with van der Waals surface area (Å²) in [6.45, 7) is 0.182. The molecule has 0 fully saturated rings. The summed E-state index contributed by atoms with van der Waals surface area (Å²) >= 11 is 6.19. The van der Waals surface area contributed by atoms with Gasteiger partial charge in [0.1, 0.15) is 16.8 Å². The second-order valence-corrected chi connectivity index (χ2v) is 5.03. The third kappa shape index (κ3) is 2.32. The maximum absolute atomic E-state index is 14.1. The first-order valence-electron chi connectivity index (χ1n) is 6.27. The molecular weight excluding hydrogens is 296 g/mol. The molecule has 3 aromatic rings. The van der Waals surface area contributed by atoms with Crippen LogP contribution in [-0.2, 0) is 6.54 Å². The zero-order chi connectivity index (χ0) is 15.0. The van der Waals surface area contributed by atoms with Crippen molar-refractivity contribution in [2.45, 2.75) is 6.54 Å². The Hall–Kier alpha value is -2.20. The van der Waals surface area contributed by atoms with Crippen molar-refractivity contribution in [2.75, 3.05) is 0 Å². The highest BCUT2D eigenvalue weighted by Gasteiger charge is 2.18. The number of carbonyl (C=O) groups is 1. The fourth-order valence-electron chi connectivity index (χ4n) is 2.44. The Labute approximate surface area is 124 Å². The number of hydrogen-bond donors (Lipinski definition) is 0. The zero-order valence-corrected chi connectivity index (χ0v) is 11.6. The van der Waals surface area contributed by atoms with Gasteiger partial charge in [-0.15, -0.1) is 0 Å². The van der Waals surface area contributed by atoms with Gasteiger partial charge in [-0.25, -0.2) is 8.78 Å². The minimum atomic E-state index is -0.473.